The number of aromatic nitrogens is 2. The van der Waals surface area contributed by atoms with Gasteiger partial charge in [-0.15, -0.1) is 0 Å². The number of aliphatic hydroxyl groups excluding tert-OH is 1. The number of carbonyl (C=O) groups is 3. The summed E-state index contributed by atoms with van der Waals surface area (Å²) in [5.41, 5.74) is -1.28. The lowest BCUT2D eigenvalue weighted by molar-refractivity contribution is -0.137. The first-order valence-electron chi connectivity index (χ1n) is 11.7. The molecule has 1 aromatic heterocycles. The minimum atomic E-state index is -4.88. The van der Waals surface area contributed by atoms with Crippen molar-refractivity contribution in [3.8, 4) is 11.3 Å². The molecule has 4 aromatic rings. The monoisotopic (exact) mass is 559 g/mol. The molecule has 8 nitrogen and oxygen atoms in total. The van der Waals surface area contributed by atoms with Crippen molar-refractivity contribution >= 4 is 40.3 Å². The Hall–Kier alpha value is -4.22. The van der Waals surface area contributed by atoms with E-state index in [4.69, 9.17) is 16.7 Å². The van der Waals surface area contributed by atoms with Crippen LogP contribution in [0.25, 0.3) is 22.2 Å². The van der Waals surface area contributed by atoms with Crippen LogP contribution in [0.3, 0.4) is 0 Å². The number of hydrogen-bond acceptors (Lipinski definition) is 5. The topological polar surface area (TPSA) is 122 Å². The summed E-state index contributed by atoms with van der Waals surface area (Å²) in [4.78, 5) is 37.5. The Kier molecular flexibility index (Phi) is 8.03. The summed E-state index contributed by atoms with van der Waals surface area (Å²) in [5.74, 6) is -2.80. The molecule has 0 aliphatic heterocycles. The van der Waals surface area contributed by atoms with Gasteiger partial charge in [-0.2, -0.15) is 23.0 Å². The van der Waals surface area contributed by atoms with Gasteiger partial charge in [0, 0.05) is 29.7 Å². The van der Waals surface area contributed by atoms with Gasteiger partial charge >= 0.3 is 12.1 Å². The number of carboxylic acid groups (broad SMARTS) is 1. The Morgan fingerprint density at radius 2 is 1.67 bits per heavy atom. The van der Waals surface area contributed by atoms with Gasteiger partial charge in [0.1, 0.15) is 5.69 Å². The number of unbranched alkanes of at least 4 members (excludes halogenated alkanes) is 1. The van der Waals surface area contributed by atoms with Crippen molar-refractivity contribution in [2.45, 2.75) is 19.0 Å². The molecule has 1 amide bonds. The minimum Gasteiger partial charge on any atom is -0.478 e. The first-order chi connectivity index (χ1) is 18.5. The second kappa shape index (κ2) is 11.3. The SMILES string of the molecule is O=C(O)c1ccc(-c2nn(C(=O)c3c(Cl)cccc3C(F)(F)F)c3cc(C(=O)NCCCCO)ccc23)cc1. The predicted molar refractivity (Wildman–Crippen MR) is 137 cm³/mol. The molecule has 3 N–H and O–H groups in total. The van der Waals surface area contributed by atoms with Gasteiger partial charge < -0.3 is 15.5 Å². The summed E-state index contributed by atoms with van der Waals surface area (Å²) < 4.78 is 42.1. The zero-order valence-corrected chi connectivity index (χ0v) is 20.9. The largest absolute Gasteiger partial charge is 0.478 e. The van der Waals surface area contributed by atoms with E-state index < -0.39 is 40.1 Å². The van der Waals surface area contributed by atoms with E-state index in [1.165, 1.54) is 42.5 Å². The van der Waals surface area contributed by atoms with Gasteiger partial charge in [-0.05, 0) is 55.3 Å². The Labute approximate surface area is 224 Å². The first kappa shape index (κ1) is 27.8. The molecular formula is C27H21ClF3N3O5. The molecule has 12 heteroatoms. The maximum atomic E-state index is 13.8. The minimum absolute atomic E-state index is 0.00427. The number of aromatic carboxylic acids is 1. The van der Waals surface area contributed by atoms with E-state index in [0.717, 1.165) is 22.9 Å². The summed E-state index contributed by atoms with van der Waals surface area (Å²) in [7, 11) is 0. The highest BCUT2D eigenvalue weighted by Crippen LogP contribution is 2.37. The predicted octanol–water partition coefficient (Wildman–Crippen LogP) is 5.26. The average Bonchev–Trinajstić information content (AvgIpc) is 3.29. The summed E-state index contributed by atoms with van der Waals surface area (Å²) >= 11 is 6.07. The molecule has 0 spiro atoms. The van der Waals surface area contributed by atoms with Gasteiger partial charge in [0.05, 0.1) is 27.2 Å². The molecule has 3 aromatic carbocycles. The Morgan fingerprint density at radius 3 is 2.31 bits per heavy atom. The number of hydrogen-bond donors (Lipinski definition) is 3. The van der Waals surface area contributed by atoms with Crippen molar-refractivity contribution in [3.05, 3.63) is 87.9 Å². The van der Waals surface area contributed by atoms with Gasteiger partial charge in [0.25, 0.3) is 11.8 Å². The van der Waals surface area contributed by atoms with Gasteiger partial charge in [-0.3, -0.25) is 9.59 Å². The summed E-state index contributed by atoms with van der Waals surface area (Å²) in [6.07, 6.45) is -3.86. The van der Waals surface area contributed by atoms with Crippen LogP contribution in [0, 0.1) is 0 Å². The van der Waals surface area contributed by atoms with E-state index >= 15 is 0 Å². The summed E-state index contributed by atoms with van der Waals surface area (Å²) in [6.45, 7) is 0.257. The van der Waals surface area contributed by atoms with Crippen LogP contribution < -0.4 is 5.32 Å². The number of amides is 1. The maximum absolute atomic E-state index is 13.8. The molecule has 0 saturated carbocycles. The van der Waals surface area contributed by atoms with E-state index in [2.05, 4.69) is 10.4 Å². The number of aliphatic hydroxyl groups is 1. The molecule has 0 unspecified atom stereocenters. The lowest BCUT2D eigenvalue weighted by Gasteiger charge is -2.13. The molecule has 39 heavy (non-hydrogen) atoms. The smallest absolute Gasteiger partial charge is 0.417 e. The highest BCUT2D eigenvalue weighted by Gasteiger charge is 2.37. The molecule has 1 heterocycles. The molecule has 0 aliphatic rings. The van der Waals surface area contributed by atoms with E-state index in [9.17, 15) is 32.7 Å². The first-order valence-corrected chi connectivity index (χ1v) is 12.1. The zero-order chi connectivity index (χ0) is 28.3. The fourth-order valence-corrected chi connectivity index (χ4v) is 4.27. The quantitative estimate of drug-likeness (QED) is 0.253. The van der Waals surface area contributed by atoms with Crippen molar-refractivity contribution in [2.24, 2.45) is 0 Å². The summed E-state index contributed by atoms with van der Waals surface area (Å²) in [6, 6.07) is 12.9. The van der Waals surface area contributed by atoms with Crippen molar-refractivity contribution in [1.82, 2.24) is 15.1 Å². The molecule has 0 saturated heterocycles. The lowest BCUT2D eigenvalue weighted by atomic mass is 10.0. The third-order valence-electron chi connectivity index (χ3n) is 5.94. The van der Waals surface area contributed by atoms with Gasteiger partial charge in [0.15, 0.2) is 0 Å². The standard InChI is InChI=1S/C27H21ClF3N3O5/c28-20-5-3-4-19(27(29,30)31)22(20)25(37)34-21-14-17(24(36)32-12-1-2-13-35)10-11-18(21)23(33-34)15-6-8-16(9-7-15)26(38)39/h3-11,14,35H,1-2,12-13H2,(H,32,36)(H,38,39). The number of carboxylic acids is 1. The zero-order valence-electron chi connectivity index (χ0n) is 20.1. The molecule has 202 valence electrons. The van der Waals surface area contributed by atoms with E-state index in [1.54, 1.807) is 0 Å². The van der Waals surface area contributed by atoms with Crippen LogP contribution in [0.2, 0.25) is 5.02 Å². The van der Waals surface area contributed by atoms with Crippen LogP contribution >= 0.6 is 11.6 Å². The van der Waals surface area contributed by atoms with Crippen molar-refractivity contribution in [3.63, 3.8) is 0 Å². The van der Waals surface area contributed by atoms with Crippen LogP contribution in [0.1, 0.15) is 49.5 Å². The Balaban J connectivity index is 1.88. The molecular weight excluding hydrogens is 539 g/mol. The molecule has 0 radical (unpaired) electrons. The van der Waals surface area contributed by atoms with E-state index in [1.807, 2.05) is 0 Å². The number of carbonyl (C=O) groups excluding carboxylic acids is 2. The lowest BCUT2D eigenvalue weighted by Crippen LogP contribution is -2.24. The number of halogens is 4. The maximum Gasteiger partial charge on any atom is 0.417 e. The number of nitrogens with zero attached hydrogens (tertiary/aromatic N) is 2. The summed E-state index contributed by atoms with van der Waals surface area (Å²) in [5, 5.41) is 25.0. The molecule has 0 fully saturated rings. The van der Waals surface area contributed by atoms with Gasteiger partial charge in [-0.1, -0.05) is 29.8 Å². The third kappa shape index (κ3) is 5.79. The molecule has 0 atom stereocenters. The fourth-order valence-electron chi connectivity index (χ4n) is 4.02. The molecule has 0 aliphatic carbocycles. The van der Waals surface area contributed by atoms with Crippen molar-refractivity contribution in [2.75, 3.05) is 13.2 Å². The third-order valence-corrected chi connectivity index (χ3v) is 6.26. The number of nitrogens with one attached hydrogen (secondary N) is 1. The number of benzene rings is 3. The second-order valence-electron chi connectivity index (χ2n) is 8.53. The average molecular weight is 560 g/mol. The number of alkyl halides is 3. The van der Waals surface area contributed by atoms with Gasteiger partial charge in [0.2, 0.25) is 0 Å². The second-order valence-corrected chi connectivity index (χ2v) is 8.93. The van der Waals surface area contributed by atoms with Crippen LogP contribution in [0.5, 0.6) is 0 Å². The molecule has 0 bridgehead atoms. The van der Waals surface area contributed by atoms with Crippen LogP contribution in [0.4, 0.5) is 13.2 Å². The van der Waals surface area contributed by atoms with Crippen LogP contribution in [0.15, 0.2) is 60.7 Å². The van der Waals surface area contributed by atoms with Crippen molar-refractivity contribution in [1.29, 1.82) is 0 Å². The fraction of sp³-hybridized carbons (Fsp3) is 0.185. The Bertz CT molecular complexity index is 1570. The van der Waals surface area contributed by atoms with Crippen LogP contribution in [-0.4, -0.2) is 50.9 Å². The highest BCUT2D eigenvalue weighted by molar-refractivity contribution is 6.34. The number of rotatable bonds is 8. The Morgan fingerprint density at radius 1 is 0.974 bits per heavy atom. The van der Waals surface area contributed by atoms with Crippen LogP contribution in [-0.2, 0) is 6.18 Å². The normalized spacial score (nSPS) is 11.5. The van der Waals surface area contributed by atoms with E-state index in [0.29, 0.717) is 23.8 Å². The van der Waals surface area contributed by atoms with Gasteiger partial charge in [-0.25, -0.2) is 4.79 Å². The number of fused-ring (bicyclic) bond motifs is 1. The highest BCUT2D eigenvalue weighted by atomic mass is 35.5. The van der Waals surface area contributed by atoms with E-state index in [-0.39, 0.29) is 35.5 Å². The van der Waals surface area contributed by atoms with Crippen molar-refractivity contribution < 1.29 is 37.8 Å². The molecule has 4 rings (SSSR count).